The number of aromatic nitrogens is 2. The second kappa shape index (κ2) is 9.01. The molecule has 0 unspecified atom stereocenters. The molecule has 0 bridgehead atoms. The molecule has 1 saturated heterocycles. The van der Waals surface area contributed by atoms with Gasteiger partial charge < -0.3 is 19.6 Å². The number of amides is 2. The van der Waals surface area contributed by atoms with Gasteiger partial charge in [0.15, 0.2) is 5.82 Å². The molecule has 2 heterocycles. The smallest absolute Gasteiger partial charge is 0.317 e. The summed E-state index contributed by atoms with van der Waals surface area (Å²) in [6, 6.07) is -0.328. The van der Waals surface area contributed by atoms with E-state index in [0.29, 0.717) is 11.7 Å². The van der Waals surface area contributed by atoms with Crippen molar-refractivity contribution >= 4 is 6.03 Å². The largest absolute Gasteiger partial charge is 0.338 e. The number of likely N-dealkylation sites (tertiary alicyclic amines) is 1. The summed E-state index contributed by atoms with van der Waals surface area (Å²) in [4.78, 5) is 20.6. The van der Waals surface area contributed by atoms with Crippen molar-refractivity contribution in [3.8, 4) is 0 Å². The van der Waals surface area contributed by atoms with Gasteiger partial charge in [0.2, 0.25) is 5.89 Å². The molecule has 1 aromatic rings. The molecule has 0 saturated carbocycles. The van der Waals surface area contributed by atoms with Crippen molar-refractivity contribution in [1.29, 1.82) is 0 Å². The molecule has 0 aromatic carbocycles. The first-order valence-electron chi connectivity index (χ1n) is 9.04. The number of nitrogens with zero attached hydrogens (tertiary/aromatic N) is 4. The van der Waals surface area contributed by atoms with E-state index in [4.69, 9.17) is 4.52 Å². The Morgan fingerprint density at radius 2 is 2.17 bits per heavy atom. The monoisotopic (exact) mass is 337 g/mol. The lowest BCUT2D eigenvalue weighted by Gasteiger charge is -2.31. The second-order valence-corrected chi connectivity index (χ2v) is 6.77. The Balaban J connectivity index is 1.67. The van der Waals surface area contributed by atoms with Crippen LogP contribution in [0.25, 0.3) is 0 Å². The molecule has 7 nitrogen and oxygen atoms in total. The lowest BCUT2D eigenvalue weighted by Crippen LogP contribution is -2.40. The highest BCUT2D eigenvalue weighted by Crippen LogP contribution is 2.20. The van der Waals surface area contributed by atoms with Gasteiger partial charge >= 0.3 is 6.03 Å². The van der Waals surface area contributed by atoms with E-state index in [1.165, 1.54) is 38.9 Å². The van der Waals surface area contributed by atoms with Gasteiger partial charge in [0.05, 0.1) is 0 Å². The minimum atomic E-state index is -0.233. The average Bonchev–Trinajstić information content (AvgIpc) is 3.01. The summed E-state index contributed by atoms with van der Waals surface area (Å²) in [5.41, 5.74) is 0. The van der Waals surface area contributed by atoms with Crippen molar-refractivity contribution < 1.29 is 9.32 Å². The van der Waals surface area contributed by atoms with Gasteiger partial charge in [0, 0.05) is 13.6 Å². The second-order valence-electron chi connectivity index (χ2n) is 6.77. The Labute approximate surface area is 144 Å². The maximum absolute atomic E-state index is 12.3. The molecule has 24 heavy (non-hydrogen) atoms. The lowest BCUT2D eigenvalue weighted by atomic mass is 9.93. The molecule has 7 heteroatoms. The van der Waals surface area contributed by atoms with Crippen molar-refractivity contribution in [2.75, 3.05) is 33.2 Å². The number of rotatable bonds is 7. The van der Waals surface area contributed by atoms with Crippen molar-refractivity contribution in [2.24, 2.45) is 5.92 Å². The van der Waals surface area contributed by atoms with Gasteiger partial charge in [-0.3, -0.25) is 0 Å². The van der Waals surface area contributed by atoms with Gasteiger partial charge in [-0.15, -0.1) is 0 Å². The Bertz CT molecular complexity index is 511. The van der Waals surface area contributed by atoms with Crippen molar-refractivity contribution in [3.63, 3.8) is 0 Å². The predicted octanol–water partition coefficient (Wildman–Crippen LogP) is 2.59. The Morgan fingerprint density at radius 3 is 2.75 bits per heavy atom. The highest BCUT2D eigenvalue weighted by atomic mass is 16.5. The van der Waals surface area contributed by atoms with Crippen molar-refractivity contribution in [1.82, 2.24) is 25.3 Å². The molecule has 1 aromatic heterocycles. The zero-order valence-electron chi connectivity index (χ0n) is 15.4. The minimum absolute atomic E-state index is 0.0956. The van der Waals surface area contributed by atoms with E-state index < -0.39 is 0 Å². The quantitative estimate of drug-likeness (QED) is 0.828. The molecule has 136 valence electrons. The number of carbonyl (C=O) groups excluding carboxylic acids is 1. The summed E-state index contributed by atoms with van der Waals surface area (Å²) in [5, 5.41) is 6.78. The first-order chi connectivity index (χ1) is 11.5. The van der Waals surface area contributed by atoms with Gasteiger partial charge in [-0.25, -0.2) is 4.79 Å². The summed E-state index contributed by atoms with van der Waals surface area (Å²) >= 11 is 0. The topological polar surface area (TPSA) is 74.5 Å². The fourth-order valence-corrected chi connectivity index (χ4v) is 3.15. The van der Waals surface area contributed by atoms with E-state index in [1.54, 1.807) is 18.9 Å². The van der Waals surface area contributed by atoms with Gasteiger partial charge in [0.1, 0.15) is 6.04 Å². The maximum atomic E-state index is 12.3. The van der Waals surface area contributed by atoms with Crippen LogP contribution in [0, 0.1) is 12.8 Å². The first kappa shape index (κ1) is 18.7. The van der Waals surface area contributed by atoms with Crippen LogP contribution in [0.4, 0.5) is 4.79 Å². The number of hydrogen-bond donors (Lipinski definition) is 1. The Hall–Kier alpha value is -1.63. The Kier molecular flexibility index (Phi) is 7.02. The minimum Gasteiger partial charge on any atom is -0.338 e. The van der Waals surface area contributed by atoms with Gasteiger partial charge in [0.25, 0.3) is 0 Å². The first-order valence-corrected chi connectivity index (χ1v) is 9.04. The molecule has 0 spiro atoms. The number of nitrogens with one attached hydrogen (secondary N) is 1. The fourth-order valence-electron chi connectivity index (χ4n) is 3.15. The third-order valence-corrected chi connectivity index (χ3v) is 4.88. The van der Waals surface area contributed by atoms with Crippen LogP contribution >= 0.6 is 0 Å². The van der Waals surface area contributed by atoms with Crippen LogP contribution in [-0.4, -0.2) is 59.2 Å². The highest BCUT2D eigenvalue weighted by molar-refractivity contribution is 5.74. The number of urea groups is 1. The summed E-state index contributed by atoms with van der Waals surface area (Å²) < 4.78 is 5.14. The molecule has 1 aliphatic rings. The average molecular weight is 337 g/mol. The molecule has 1 aliphatic heterocycles. The van der Waals surface area contributed by atoms with Gasteiger partial charge in [-0.2, -0.15) is 4.98 Å². The van der Waals surface area contributed by atoms with Crippen LogP contribution < -0.4 is 5.32 Å². The molecule has 1 fully saturated rings. The van der Waals surface area contributed by atoms with E-state index in [9.17, 15) is 4.79 Å². The highest BCUT2D eigenvalue weighted by Gasteiger charge is 2.23. The van der Waals surface area contributed by atoms with Crippen LogP contribution in [0.3, 0.4) is 0 Å². The third-order valence-electron chi connectivity index (χ3n) is 4.88. The van der Waals surface area contributed by atoms with Crippen molar-refractivity contribution in [2.45, 2.75) is 52.5 Å². The summed E-state index contributed by atoms with van der Waals surface area (Å²) in [7, 11) is 1.75. The van der Waals surface area contributed by atoms with Gasteiger partial charge in [-0.1, -0.05) is 12.1 Å². The normalized spacial score (nSPS) is 17.7. The SMILES string of the molecule is CCCN1CCC(CCNC(=O)N(C)[C@H](C)c2nc(C)no2)CC1. The third kappa shape index (κ3) is 5.19. The van der Waals surface area contributed by atoms with E-state index in [2.05, 4.69) is 27.3 Å². The van der Waals surface area contributed by atoms with Gasteiger partial charge in [-0.05, 0) is 65.1 Å². The van der Waals surface area contributed by atoms with Crippen LogP contribution in [0.5, 0.6) is 0 Å². The molecule has 0 radical (unpaired) electrons. The van der Waals surface area contributed by atoms with Crippen LogP contribution in [-0.2, 0) is 0 Å². The molecule has 1 atom stereocenters. The molecular formula is C17H31N5O2. The maximum Gasteiger partial charge on any atom is 0.317 e. The number of carbonyl (C=O) groups is 1. The van der Waals surface area contributed by atoms with E-state index in [-0.39, 0.29) is 12.1 Å². The van der Waals surface area contributed by atoms with Crippen molar-refractivity contribution in [3.05, 3.63) is 11.7 Å². The predicted molar refractivity (Wildman–Crippen MR) is 92.7 cm³/mol. The standard InChI is InChI=1S/C17H31N5O2/c1-5-10-22-11-7-15(8-12-22)6-9-18-17(23)21(4)13(2)16-19-14(3)20-24-16/h13,15H,5-12H2,1-4H3,(H,18,23)/t13-/m1/s1. The summed E-state index contributed by atoms with van der Waals surface area (Å²) in [6.07, 6.45) is 4.76. The van der Waals surface area contributed by atoms with Crippen LogP contribution in [0.2, 0.25) is 0 Å². The molecule has 2 rings (SSSR count). The zero-order valence-corrected chi connectivity index (χ0v) is 15.4. The number of aryl methyl sites for hydroxylation is 1. The number of hydrogen-bond acceptors (Lipinski definition) is 5. The molecular weight excluding hydrogens is 306 g/mol. The van der Waals surface area contributed by atoms with Crippen LogP contribution in [0.1, 0.15) is 57.3 Å². The number of piperidine rings is 1. The van der Waals surface area contributed by atoms with E-state index in [1.807, 2.05) is 6.92 Å². The van der Waals surface area contributed by atoms with E-state index in [0.717, 1.165) is 18.9 Å². The lowest BCUT2D eigenvalue weighted by molar-refractivity contribution is 0.171. The van der Waals surface area contributed by atoms with Crippen LogP contribution in [0.15, 0.2) is 4.52 Å². The summed E-state index contributed by atoms with van der Waals surface area (Å²) in [5.74, 6) is 1.77. The zero-order chi connectivity index (χ0) is 17.5. The molecule has 0 aliphatic carbocycles. The molecule has 2 amide bonds. The van der Waals surface area contributed by atoms with E-state index >= 15 is 0 Å². The fraction of sp³-hybridized carbons (Fsp3) is 0.824. The Morgan fingerprint density at radius 1 is 1.46 bits per heavy atom. The molecule has 1 N–H and O–H groups in total. The summed E-state index contributed by atoms with van der Waals surface area (Å²) in [6.45, 7) is 10.2.